The highest BCUT2D eigenvalue weighted by molar-refractivity contribution is 5.71. The highest BCUT2D eigenvalue weighted by Gasteiger charge is 2.19. The summed E-state index contributed by atoms with van der Waals surface area (Å²) in [5, 5.41) is 0. The highest BCUT2D eigenvalue weighted by atomic mass is 16.6. The van der Waals surface area contributed by atoms with Crippen molar-refractivity contribution in [3.63, 3.8) is 0 Å². The van der Waals surface area contributed by atoms with E-state index in [2.05, 4.69) is 142 Å². The molecule has 0 spiro atoms. The summed E-state index contributed by atoms with van der Waals surface area (Å²) in [5.74, 6) is -0.960. The molecule has 0 N–H and O–H groups in total. The molecular weight excluding hydrogens is 877 g/mol. The van der Waals surface area contributed by atoms with Crippen LogP contribution >= 0.6 is 0 Å². The second-order valence-corrected chi connectivity index (χ2v) is 18.8. The quantitative estimate of drug-likeness (QED) is 0.0199. The van der Waals surface area contributed by atoms with E-state index in [9.17, 15) is 14.4 Å². The molecule has 0 aromatic rings. The summed E-state index contributed by atoms with van der Waals surface area (Å²) in [6, 6.07) is 0. The summed E-state index contributed by atoms with van der Waals surface area (Å²) < 4.78 is 16.8. The molecule has 0 amide bonds. The summed E-state index contributed by atoms with van der Waals surface area (Å²) in [5.41, 5.74) is 0. The van der Waals surface area contributed by atoms with Gasteiger partial charge in [0.05, 0.1) is 0 Å². The lowest BCUT2D eigenvalue weighted by Gasteiger charge is -2.18. The maximum Gasteiger partial charge on any atom is 0.306 e. The second-order valence-electron chi connectivity index (χ2n) is 18.8. The first-order valence-electron chi connectivity index (χ1n) is 29.1. The molecule has 71 heavy (non-hydrogen) atoms. The van der Waals surface area contributed by atoms with Crippen LogP contribution < -0.4 is 0 Å². The van der Waals surface area contributed by atoms with E-state index >= 15 is 0 Å². The minimum absolute atomic E-state index is 0.103. The first kappa shape index (κ1) is 66.8. The van der Waals surface area contributed by atoms with E-state index in [0.717, 1.165) is 141 Å². The van der Waals surface area contributed by atoms with Crippen molar-refractivity contribution in [1.82, 2.24) is 0 Å². The van der Waals surface area contributed by atoms with Crippen LogP contribution in [0.3, 0.4) is 0 Å². The summed E-state index contributed by atoms with van der Waals surface area (Å²) in [6.07, 6.45) is 80.4. The maximum absolute atomic E-state index is 12.9. The standard InChI is InChI=1S/C65H106O6/c1-4-7-10-13-16-19-22-25-28-31-33-35-37-40-43-46-49-52-55-58-64(67)70-61-62(60-69-63(66)57-54-51-48-45-42-39-36-30-27-24-21-18-15-12-9-6-3)71-65(68)59-56-53-50-47-44-41-38-34-32-29-26-23-20-17-14-11-8-5-2/h7,9-10,12,16,18-19,21,23,25-30,32,34,38-39,42,62H,4-6,8,11,13-15,17,20,22,24,31,33,35-37,40-41,43-61H2,1-3H3/b10-7-,12-9-,19-16-,21-18-,26-23-,28-25-,30-27-,32-29-,38-34-,42-39-. The van der Waals surface area contributed by atoms with Gasteiger partial charge in [-0.25, -0.2) is 0 Å². The fourth-order valence-corrected chi connectivity index (χ4v) is 7.68. The Morgan fingerprint density at radius 1 is 0.310 bits per heavy atom. The monoisotopic (exact) mass is 983 g/mol. The van der Waals surface area contributed by atoms with Gasteiger partial charge in [0.25, 0.3) is 0 Å². The molecule has 0 aromatic carbocycles. The smallest absolute Gasteiger partial charge is 0.306 e. The lowest BCUT2D eigenvalue weighted by atomic mass is 10.1. The Labute approximate surface area is 437 Å². The van der Waals surface area contributed by atoms with Gasteiger partial charge in [0.1, 0.15) is 13.2 Å². The molecule has 402 valence electrons. The minimum Gasteiger partial charge on any atom is -0.462 e. The molecule has 0 aliphatic heterocycles. The molecular formula is C65H106O6. The Balaban J connectivity index is 4.50. The van der Waals surface area contributed by atoms with E-state index in [1.165, 1.54) is 70.6 Å². The van der Waals surface area contributed by atoms with Crippen molar-refractivity contribution in [2.24, 2.45) is 0 Å². The van der Waals surface area contributed by atoms with Gasteiger partial charge in [-0.1, -0.05) is 239 Å². The molecule has 0 fully saturated rings. The number of hydrogen-bond acceptors (Lipinski definition) is 6. The fraction of sp³-hybridized carbons (Fsp3) is 0.646. The van der Waals surface area contributed by atoms with Crippen molar-refractivity contribution in [2.45, 2.75) is 258 Å². The Morgan fingerprint density at radius 2 is 0.606 bits per heavy atom. The molecule has 0 aliphatic rings. The van der Waals surface area contributed by atoms with Crippen molar-refractivity contribution in [3.8, 4) is 0 Å². The highest BCUT2D eigenvalue weighted by Crippen LogP contribution is 2.14. The number of esters is 3. The van der Waals surface area contributed by atoms with Crippen molar-refractivity contribution in [2.75, 3.05) is 13.2 Å². The lowest BCUT2D eigenvalue weighted by Crippen LogP contribution is -2.30. The minimum atomic E-state index is -0.809. The van der Waals surface area contributed by atoms with Crippen LogP contribution in [0.2, 0.25) is 0 Å². The molecule has 0 aliphatic carbocycles. The number of hydrogen-bond donors (Lipinski definition) is 0. The van der Waals surface area contributed by atoms with E-state index in [4.69, 9.17) is 14.2 Å². The number of rotatable bonds is 51. The molecule has 0 heterocycles. The normalized spacial score (nSPS) is 13.0. The van der Waals surface area contributed by atoms with Crippen LogP contribution in [0.15, 0.2) is 122 Å². The summed E-state index contributed by atoms with van der Waals surface area (Å²) in [6.45, 7) is 6.35. The van der Waals surface area contributed by atoms with Crippen molar-refractivity contribution >= 4 is 17.9 Å². The van der Waals surface area contributed by atoms with Gasteiger partial charge in [-0.05, 0) is 116 Å². The molecule has 6 heteroatoms. The Bertz CT molecular complexity index is 1500. The average molecular weight is 984 g/mol. The van der Waals surface area contributed by atoms with Crippen molar-refractivity contribution in [3.05, 3.63) is 122 Å². The molecule has 0 saturated heterocycles. The largest absolute Gasteiger partial charge is 0.462 e. The zero-order chi connectivity index (χ0) is 51.4. The maximum atomic E-state index is 12.9. The van der Waals surface area contributed by atoms with Gasteiger partial charge >= 0.3 is 17.9 Å². The molecule has 0 rings (SSSR count). The number of carbonyl (C=O) groups excluding carboxylic acids is 3. The molecule has 1 atom stereocenters. The van der Waals surface area contributed by atoms with Gasteiger partial charge < -0.3 is 14.2 Å². The molecule has 0 bridgehead atoms. The third-order valence-corrected chi connectivity index (χ3v) is 12.0. The van der Waals surface area contributed by atoms with Gasteiger partial charge in [0.15, 0.2) is 6.10 Å². The number of ether oxygens (including phenoxy) is 3. The zero-order valence-electron chi connectivity index (χ0n) is 45.9. The topological polar surface area (TPSA) is 78.9 Å². The van der Waals surface area contributed by atoms with Crippen molar-refractivity contribution in [1.29, 1.82) is 0 Å². The van der Waals surface area contributed by atoms with Crippen LogP contribution in [0.1, 0.15) is 252 Å². The fourth-order valence-electron chi connectivity index (χ4n) is 7.68. The Kier molecular flexibility index (Phi) is 54.9. The molecule has 0 saturated carbocycles. The Hall–Kier alpha value is -4.19. The number of unbranched alkanes of at least 4 members (excludes halogenated alkanes) is 22. The average Bonchev–Trinajstić information content (AvgIpc) is 3.37. The zero-order valence-corrected chi connectivity index (χ0v) is 45.9. The van der Waals surface area contributed by atoms with Gasteiger partial charge in [-0.3, -0.25) is 14.4 Å². The summed E-state index contributed by atoms with van der Waals surface area (Å²) in [4.78, 5) is 38.2. The van der Waals surface area contributed by atoms with E-state index in [1.54, 1.807) is 0 Å². The van der Waals surface area contributed by atoms with Crippen LogP contribution in [0, 0.1) is 0 Å². The summed E-state index contributed by atoms with van der Waals surface area (Å²) >= 11 is 0. The van der Waals surface area contributed by atoms with Crippen LogP contribution in [0.4, 0.5) is 0 Å². The second kappa shape index (κ2) is 58.4. The third-order valence-electron chi connectivity index (χ3n) is 12.0. The van der Waals surface area contributed by atoms with Crippen LogP contribution in [-0.2, 0) is 28.6 Å². The first-order valence-corrected chi connectivity index (χ1v) is 29.1. The molecule has 0 radical (unpaired) electrons. The summed E-state index contributed by atoms with van der Waals surface area (Å²) in [7, 11) is 0. The lowest BCUT2D eigenvalue weighted by molar-refractivity contribution is -0.167. The molecule has 1 unspecified atom stereocenters. The van der Waals surface area contributed by atoms with Gasteiger partial charge in [0.2, 0.25) is 0 Å². The van der Waals surface area contributed by atoms with E-state index in [1.807, 2.05) is 0 Å². The predicted molar refractivity (Wildman–Crippen MR) is 306 cm³/mol. The number of allylic oxidation sites excluding steroid dienone is 20. The SMILES string of the molecule is CC/C=C\C/C=C\C/C=C\C/C=C\CCCCCC(=O)OCC(COC(=O)CCCCCCCCCCC/C=C\C/C=C\C/C=C\CC)OC(=O)CCCCCCC\C=C/C=C\C=C/CCCCCCC. The first-order chi connectivity index (χ1) is 35.0. The molecule has 6 nitrogen and oxygen atoms in total. The van der Waals surface area contributed by atoms with E-state index in [-0.39, 0.29) is 31.1 Å². The van der Waals surface area contributed by atoms with Crippen molar-refractivity contribution < 1.29 is 28.6 Å². The predicted octanol–water partition coefficient (Wildman–Crippen LogP) is 19.6. The number of carbonyl (C=O) groups is 3. The van der Waals surface area contributed by atoms with Crippen LogP contribution in [-0.4, -0.2) is 37.2 Å². The third kappa shape index (κ3) is 56.6. The van der Waals surface area contributed by atoms with E-state index < -0.39 is 6.10 Å². The van der Waals surface area contributed by atoms with Gasteiger partial charge in [0, 0.05) is 19.3 Å². The van der Waals surface area contributed by atoms with Crippen LogP contribution in [0.5, 0.6) is 0 Å². The van der Waals surface area contributed by atoms with Gasteiger partial charge in [-0.15, -0.1) is 0 Å². The van der Waals surface area contributed by atoms with Gasteiger partial charge in [-0.2, -0.15) is 0 Å². The van der Waals surface area contributed by atoms with E-state index in [0.29, 0.717) is 19.3 Å². The molecule has 0 aromatic heterocycles. The Morgan fingerprint density at radius 3 is 0.986 bits per heavy atom. The van der Waals surface area contributed by atoms with Crippen LogP contribution in [0.25, 0.3) is 0 Å².